The van der Waals surface area contributed by atoms with Crippen molar-refractivity contribution in [1.82, 2.24) is 10.6 Å². The van der Waals surface area contributed by atoms with Gasteiger partial charge in [0.1, 0.15) is 12.7 Å². The van der Waals surface area contributed by atoms with Gasteiger partial charge < -0.3 is 24.8 Å². The molecule has 1 atom stereocenters. The Morgan fingerprint density at radius 1 is 1.32 bits per heavy atom. The van der Waals surface area contributed by atoms with Crippen LogP contribution in [0.3, 0.4) is 0 Å². The number of para-hydroxylation sites is 2. The quantitative estimate of drug-likeness (QED) is 0.636. The molecule has 0 radical (unpaired) electrons. The second kappa shape index (κ2) is 7.35. The Balaban J connectivity index is 1.80. The molecule has 0 aromatic heterocycles. The van der Waals surface area contributed by atoms with Gasteiger partial charge in [-0.1, -0.05) is 12.1 Å². The van der Waals surface area contributed by atoms with Crippen LogP contribution in [0, 0.1) is 0 Å². The number of methoxy groups -OCH3 is 1. The summed E-state index contributed by atoms with van der Waals surface area (Å²) in [5.41, 5.74) is -0.249. The minimum absolute atomic E-state index is 0.0520. The number of ether oxygens (including phenoxy) is 3. The van der Waals surface area contributed by atoms with E-state index in [1.165, 1.54) is 0 Å². The number of nitrogens with one attached hydrogen (secondary N) is 2. The maximum atomic E-state index is 5.90. The third-order valence-corrected chi connectivity index (χ3v) is 3.52. The van der Waals surface area contributed by atoms with Gasteiger partial charge in [0.15, 0.2) is 17.5 Å². The van der Waals surface area contributed by atoms with E-state index in [0.29, 0.717) is 25.7 Å². The molecule has 1 aliphatic rings. The molecule has 1 aromatic rings. The molecule has 6 nitrogen and oxygen atoms in total. The predicted octanol–water partition coefficient (Wildman–Crippen LogP) is 1.42. The van der Waals surface area contributed by atoms with Gasteiger partial charge in [-0.3, -0.25) is 4.99 Å². The number of hydrogen-bond acceptors (Lipinski definition) is 4. The smallest absolute Gasteiger partial charge is 0.191 e. The normalized spacial score (nSPS) is 18.0. The van der Waals surface area contributed by atoms with E-state index in [-0.39, 0.29) is 11.7 Å². The summed E-state index contributed by atoms with van der Waals surface area (Å²) in [5, 5.41) is 6.48. The van der Waals surface area contributed by atoms with Crippen LogP contribution >= 0.6 is 0 Å². The van der Waals surface area contributed by atoms with Crippen LogP contribution in [0.1, 0.15) is 13.8 Å². The summed E-state index contributed by atoms with van der Waals surface area (Å²) in [6.45, 7) is 5.82. The first-order valence-corrected chi connectivity index (χ1v) is 7.42. The van der Waals surface area contributed by atoms with Gasteiger partial charge in [0.2, 0.25) is 0 Å². The van der Waals surface area contributed by atoms with Crippen LogP contribution in [0.4, 0.5) is 0 Å². The van der Waals surface area contributed by atoms with Crippen LogP contribution in [0.5, 0.6) is 11.5 Å². The molecule has 0 saturated heterocycles. The van der Waals surface area contributed by atoms with Crippen molar-refractivity contribution < 1.29 is 14.2 Å². The fraction of sp³-hybridized carbons (Fsp3) is 0.562. The highest BCUT2D eigenvalue weighted by Crippen LogP contribution is 2.30. The van der Waals surface area contributed by atoms with Gasteiger partial charge in [-0.05, 0) is 26.0 Å². The van der Waals surface area contributed by atoms with Gasteiger partial charge in [0.05, 0.1) is 12.1 Å². The fourth-order valence-corrected chi connectivity index (χ4v) is 1.96. The van der Waals surface area contributed by atoms with Gasteiger partial charge >= 0.3 is 0 Å². The minimum Gasteiger partial charge on any atom is -0.486 e. The van der Waals surface area contributed by atoms with Gasteiger partial charge in [-0.2, -0.15) is 0 Å². The van der Waals surface area contributed by atoms with E-state index in [4.69, 9.17) is 14.2 Å². The second-order valence-electron chi connectivity index (χ2n) is 5.77. The minimum atomic E-state index is -0.249. The molecule has 1 unspecified atom stereocenters. The molecule has 122 valence electrons. The van der Waals surface area contributed by atoms with E-state index in [9.17, 15) is 0 Å². The molecule has 0 bridgehead atoms. The molecule has 2 rings (SSSR count). The van der Waals surface area contributed by atoms with Crippen LogP contribution in [0.2, 0.25) is 0 Å². The molecule has 1 aromatic carbocycles. The number of guanidine groups is 1. The highest BCUT2D eigenvalue weighted by atomic mass is 16.6. The SMILES string of the molecule is CN=C(NCC1COc2ccccc2O1)NCC(C)(C)OC. The van der Waals surface area contributed by atoms with Gasteiger partial charge in [-0.25, -0.2) is 0 Å². The molecular weight excluding hydrogens is 282 g/mol. The van der Waals surface area contributed by atoms with E-state index in [1.807, 2.05) is 38.1 Å². The number of fused-ring (bicyclic) bond motifs is 1. The van der Waals surface area contributed by atoms with Gasteiger partial charge in [0, 0.05) is 20.7 Å². The van der Waals surface area contributed by atoms with Crippen LogP contribution < -0.4 is 20.1 Å². The van der Waals surface area contributed by atoms with Crippen molar-refractivity contribution in [1.29, 1.82) is 0 Å². The number of rotatable bonds is 5. The lowest BCUT2D eigenvalue weighted by Gasteiger charge is -2.28. The molecule has 2 N–H and O–H groups in total. The lowest BCUT2D eigenvalue weighted by Crippen LogP contribution is -2.48. The zero-order chi connectivity index (χ0) is 16.0. The highest BCUT2D eigenvalue weighted by Gasteiger charge is 2.21. The number of aliphatic imine (C=N–C) groups is 1. The molecule has 0 aliphatic carbocycles. The first-order valence-electron chi connectivity index (χ1n) is 7.42. The van der Waals surface area contributed by atoms with E-state index in [1.54, 1.807) is 14.2 Å². The number of benzene rings is 1. The number of nitrogens with zero attached hydrogens (tertiary/aromatic N) is 1. The largest absolute Gasteiger partial charge is 0.486 e. The summed E-state index contributed by atoms with van der Waals surface area (Å²) in [4.78, 5) is 4.20. The topological polar surface area (TPSA) is 64.1 Å². The maximum absolute atomic E-state index is 5.90. The summed E-state index contributed by atoms with van der Waals surface area (Å²) in [6.07, 6.45) is -0.0520. The zero-order valence-electron chi connectivity index (χ0n) is 13.7. The first-order chi connectivity index (χ1) is 10.5. The summed E-state index contributed by atoms with van der Waals surface area (Å²) in [6, 6.07) is 7.69. The standard InChI is InChI=1S/C16H25N3O3/c1-16(2,20-4)11-19-15(17-3)18-9-12-10-21-13-7-5-6-8-14(13)22-12/h5-8,12H,9-11H2,1-4H3,(H2,17,18,19). The molecule has 1 heterocycles. The number of hydrogen-bond donors (Lipinski definition) is 2. The van der Waals surface area contributed by atoms with Crippen molar-refractivity contribution >= 4 is 5.96 Å². The second-order valence-corrected chi connectivity index (χ2v) is 5.77. The highest BCUT2D eigenvalue weighted by molar-refractivity contribution is 5.79. The van der Waals surface area contributed by atoms with E-state index in [2.05, 4.69) is 15.6 Å². The summed E-state index contributed by atoms with van der Waals surface area (Å²) in [7, 11) is 3.44. The Morgan fingerprint density at radius 3 is 2.73 bits per heavy atom. The van der Waals surface area contributed by atoms with Crippen LogP contribution in [-0.2, 0) is 4.74 Å². The van der Waals surface area contributed by atoms with E-state index >= 15 is 0 Å². The third kappa shape index (κ3) is 4.53. The zero-order valence-corrected chi connectivity index (χ0v) is 13.7. The Labute approximate surface area is 131 Å². The maximum Gasteiger partial charge on any atom is 0.191 e. The van der Waals surface area contributed by atoms with Crippen LogP contribution in [0.15, 0.2) is 29.3 Å². The van der Waals surface area contributed by atoms with Gasteiger partial charge in [-0.15, -0.1) is 0 Å². The molecule has 0 fully saturated rings. The molecule has 0 saturated carbocycles. The Hall–Kier alpha value is -1.95. The summed E-state index contributed by atoms with van der Waals surface area (Å²) in [5.74, 6) is 2.29. The molecule has 6 heteroatoms. The van der Waals surface area contributed by atoms with Crippen molar-refractivity contribution in [2.75, 3.05) is 33.9 Å². The predicted molar refractivity (Wildman–Crippen MR) is 86.8 cm³/mol. The Kier molecular flexibility index (Phi) is 5.49. The van der Waals surface area contributed by atoms with Crippen molar-refractivity contribution in [2.24, 2.45) is 4.99 Å². The lowest BCUT2D eigenvalue weighted by atomic mass is 10.1. The van der Waals surface area contributed by atoms with Crippen molar-refractivity contribution in [3.63, 3.8) is 0 Å². The first kappa shape index (κ1) is 16.4. The van der Waals surface area contributed by atoms with Crippen LogP contribution in [-0.4, -0.2) is 51.5 Å². The third-order valence-electron chi connectivity index (χ3n) is 3.52. The molecule has 22 heavy (non-hydrogen) atoms. The van der Waals surface area contributed by atoms with Crippen molar-refractivity contribution in [2.45, 2.75) is 25.6 Å². The molecule has 0 amide bonds. The van der Waals surface area contributed by atoms with Crippen molar-refractivity contribution in [3.8, 4) is 11.5 Å². The van der Waals surface area contributed by atoms with Crippen LogP contribution in [0.25, 0.3) is 0 Å². The Bertz CT molecular complexity index is 517. The van der Waals surface area contributed by atoms with E-state index in [0.717, 1.165) is 11.5 Å². The lowest BCUT2D eigenvalue weighted by molar-refractivity contribution is 0.0267. The summed E-state index contributed by atoms with van der Waals surface area (Å²) < 4.78 is 17.0. The molecular formula is C16H25N3O3. The molecule has 0 spiro atoms. The van der Waals surface area contributed by atoms with Gasteiger partial charge in [0.25, 0.3) is 0 Å². The van der Waals surface area contributed by atoms with E-state index < -0.39 is 0 Å². The fourth-order valence-electron chi connectivity index (χ4n) is 1.96. The van der Waals surface area contributed by atoms with Crippen molar-refractivity contribution in [3.05, 3.63) is 24.3 Å². The molecule has 1 aliphatic heterocycles. The average Bonchev–Trinajstić information content (AvgIpc) is 2.55. The summed E-state index contributed by atoms with van der Waals surface area (Å²) >= 11 is 0. The monoisotopic (exact) mass is 307 g/mol. The average molecular weight is 307 g/mol. The Morgan fingerprint density at radius 2 is 2.05 bits per heavy atom.